The highest BCUT2D eigenvalue weighted by Crippen LogP contribution is 2.39. The smallest absolute Gasteiger partial charge is 0.322 e. The molecule has 0 saturated carbocycles. The van der Waals surface area contributed by atoms with Crippen LogP contribution >= 0.6 is 11.3 Å². The first-order valence-corrected chi connectivity index (χ1v) is 11.9. The van der Waals surface area contributed by atoms with Gasteiger partial charge in [-0.05, 0) is 42.1 Å². The Morgan fingerprint density at radius 3 is 2.57 bits per heavy atom. The number of hydrogen-bond acceptors (Lipinski definition) is 7. The predicted octanol–water partition coefficient (Wildman–Crippen LogP) is 5.51. The molecule has 0 fully saturated rings. The highest BCUT2D eigenvalue weighted by Gasteiger charge is 2.36. The summed E-state index contributed by atoms with van der Waals surface area (Å²) in [6.07, 6.45) is 0. The lowest BCUT2D eigenvalue weighted by molar-refractivity contribution is 0.202. The number of methoxy groups -OCH3 is 2. The third-order valence-electron chi connectivity index (χ3n) is 5.96. The normalized spacial score (nSPS) is 15.8. The van der Waals surface area contributed by atoms with Crippen LogP contribution in [0.4, 0.5) is 4.79 Å². The Balaban J connectivity index is 1.60. The molecule has 3 heterocycles. The largest absolute Gasteiger partial charge is 0.497 e. The fraction of sp³-hybridized carbons (Fsp3) is 0.192. The average molecular weight is 489 g/mol. The molecule has 9 heteroatoms. The van der Waals surface area contributed by atoms with Crippen LogP contribution in [-0.4, -0.2) is 35.3 Å². The van der Waals surface area contributed by atoms with Gasteiger partial charge in [0.25, 0.3) is 5.89 Å². The van der Waals surface area contributed by atoms with Crippen LogP contribution in [0.1, 0.15) is 30.0 Å². The van der Waals surface area contributed by atoms with E-state index in [9.17, 15) is 4.79 Å². The maximum Gasteiger partial charge on any atom is 0.322 e. The molecule has 0 saturated heterocycles. The highest BCUT2D eigenvalue weighted by molar-refractivity contribution is 7.13. The van der Waals surface area contributed by atoms with E-state index in [0.717, 1.165) is 33.0 Å². The topological polar surface area (TPSA) is 89.7 Å². The standard InChI is InChI=1S/C26H24N4O4S/c1-16-22(25-28-24(29-34-25)21-9-6-14-35-21)23(17-10-12-19(32-2)13-11-17)27-26(31)30(16)15-18-7-4-5-8-20(18)33-3/h4-14,23H,15H2,1-3H3,(H,27,31). The molecule has 1 aliphatic heterocycles. The maximum atomic E-state index is 13.3. The SMILES string of the molecule is COc1ccc(C2NC(=O)N(Cc3ccccc3OC)C(C)=C2c2nc(-c3cccs3)no2)cc1. The number of nitrogens with one attached hydrogen (secondary N) is 1. The molecule has 0 aliphatic carbocycles. The molecule has 1 N–H and O–H groups in total. The summed E-state index contributed by atoms with van der Waals surface area (Å²) in [7, 11) is 3.24. The summed E-state index contributed by atoms with van der Waals surface area (Å²) in [6.45, 7) is 2.22. The van der Waals surface area contributed by atoms with Gasteiger partial charge in [-0.25, -0.2) is 4.79 Å². The Morgan fingerprint density at radius 1 is 1.06 bits per heavy atom. The molecule has 2 aromatic heterocycles. The van der Waals surface area contributed by atoms with Crippen LogP contribution in [-0.2, 0) is 6.54 Å². The van der Waals surface area contributed by atoms with Crippen LogP contribution in [0, 0.1) is 0 Å². The number of urea groups is 1. The van der Waals surface area contributed by atoms with Crippen molar-refractivity contribution in [3.63, 3.8) is 0 Å². The minimum atomic E-state index is -0.473. The molecule has 2 aromatic carbocycles. The third kappa shape index (κ3) is 4.38. The lowest BCUT2D eigenvalue weighted by atomic mass is 9.94. The second-order valence-electron chi connectivity index (χ2n) is 7.95. The quantitative estimate of drug-likeness (QED) is 0.369. The zero-order chi connectivity index (χ0) is 24.4. The average Bonchev–Trinajstić information content (AvgIpc) is 3.59. The number of allylic oxidation sites excluding steroid dienone is 1. The van der Waals surface area contributed by atoms with Gasteiger partial charge in [0.05, 0.1) is 37.3 Å². The molecule has 35 heavy (non-hydrogen) atoms. The van der Waals surface area contributed by atoms with Crippen LogP contribution in [0.25, 0.3) is 16.3 Å². The molecular formula is C26H24N4O4S. The number of thiophene rings is 1. The minimum Gasteiger partial charge on any atom is -0.497 e. The summed E-state index contributed by atoms with van der Waals surface area (Å²) in [5.41, 5.74) is 3.22. The first-order chi connectivity index (χ1) is 17.1. The first kappa shape index (κ1) is 22.7. The number of ether oxygens (including phenoxy) is 2. The molecule has 1 atom stereocenters. The zero-order valence-corrected chi connectivity index (χ0v) is 20.3. The van der Waals surface area contributed by atoms with Crippen LogP contribution in [0.5, 0.6) is 11.5 Å². The lowest BCUT2D eigenvalue weighted by Gasteiger charge is -2.35. The van der Waals surface area contributed by atoms with Gasteiger partial charge in [-0.15, -0.1) is 11.3 Å². The Kier molecular flexibility index (Phi) is 6.24. The number of para-hydroxylation sites is 1. The molecule has 0 bridgehead atoms. The van der Waals surface area contributed by atoms with E-state index in [1.54, 1.807) is 19.1 Å². The highest BCUT2D eigenvalue weighted by atomic mass is 32.1. The maximum absolute atomic E-state index is 13.3. The van der Waals surface area contributed by atoms with Gasteiger partial charge < -0.3 is 19.3 Å². The zero-order valence-electron chi connectivity index (χ0n) is 19.5. The monoisotopic (exact) mass is 488 g/mol. The number of aromatic nitrogens is 2. The molecule has 0 spiro atoms. The number of carbonyl (C=O) groups excluding carboxylic acids is 1. The summed E-state index contributed by atoms with van der Waals surface area (Å²) < 4.78 is 16.5. The van der Waals surface area contributed by atoms with Crippen LogP contribution in [0.2, 0.25) is 0 Å². The van der Waals surface area contributed by atoms with Crippen molar-refractivity contribution in [3.05, 3.63) is 88.8 Å². The number of benzene rings is 2. The fourth-order valence-electron chi connectivity index (χ4n) is 4.14. The van der Waals surface area contributed by atoms with Gasteiger partial charge in [-0.1, -0.05) is 41.6 Å². The summed E-state index contributed by atoms with van der Waals surface area (Å²) in [5, 5.41) is 9.29. The number of amides is 2. The van der Waals surface area contributed by atoms with Gasteiger partial charge >= 0.3 is 6.03 Å². The minimum absolute atomic E-state index is 0.226. The molecule has 1 aliphatic rings. The molecule has 0 radical (unpaired) electrons. The van der Waals surface area contributed by atoms with Gasteiger partial charge in [-0.3, -0.25) is 4.90 Å². The van der Waals surface area contributed by atoms with Gasteiger partial charge in [0.1, 0.15) is 11.5 Å². The number of rotatable bonds is 7. The lowest BCUT2D eigenvalue weighted by Crippen LogP contribution is -2.45. The molecular weight excluding hydrogens is 464 g/mol. The van der Waals surface area contributed by atoms with E-state index in [2.05, 4.69) is 15.5 Å². The summed E-state index contributed by atoms with van der Waals surface area (Å²) in [6, 6.07) is 18.4. The number of carbonyl (C=O) groups is 1. The van der Waals surface area contributed by atoms with E-state index >= 15 is 0 Å². The van der Waals surface area contributed by atoms with Crippen molar-refractivity contribution in [2.75, 3.05) is 14.2 Å². The molecule has 8 nitrogen and oxygen atoms in total. The Morgan fingerprint density at radius 2 is 1.86 bits per heavy atom. The van der Waals surface area contributed by atoms with Crippen molar-refractivity contribution in [2.45, 2.75) is 19.5 Å². The van der Waals surface area contributed by atoms with Crippen molar-refractivity contribution >= 4 is 22.9 Å². The first-order valence-electron chi connectivity index (χ1n) is 11.0. The van der Waals surface area contributed by atoms with Crippen molar-refractivity contribution in [1.82, 2.24) is 20.4 Å². The van der Waals surface area contributed by atoms with E-state index in [0.29, 0.717) is 24.0 Å². The van der Waals surface area contributed by atoms with E-state index in [1.807, 2.05) is 73.0 Å². The fourth-order valence-corrected chi connectivity index (χ4v) is 4.79. The number of nitrogens with zero attached hydrogens (tertiary/aromatic N) is 3. The Bertz CT molecular complexity index is 1360. The van der Waals surface area contributed by atoms with Gasteiger partial charge in [0, 0.05) is 11.3 Å². The van der Waals surface area contributed by atoms with Gasteiger partial charge in [0.2, 0.25) is 5.82 Å². The predicted molar refractivity (Wildman–Crippen MR) is 133 cm³/mol. The van der Waals surface area contributed by atoms with E-state index < -0.39 is 6.04 Å². The molecule has 2 amide bonds. The van der Waals surface area contributed by atoms with E-state index in [1.165, 1.54) is 11.3 Å². The van der Waals surface area contributed by atoms with Crippen LogP contribution in [0.15, 0.2) is 76.3 Å². The van der Waals surface area contributed by atoms with Crippen molar-refractivity contribution in [1.29, 1.82) is 0 Å². The molecule has 4 aromatic rings. The van der Waals surface area contributed by atoms with Crippen molar-refractivity contribution in [2.24, 2.45) is 0 Å². The van der Waals surface area contributed by atoms with Crippen molar-refractivity contribution < 1.29 is 18.8 Å². The van der Waals surface area contributed by atoms with Crippen LogP contribution < -0.4 is 14.8 Å². The van der Waals surface area contributed by atoms with Gasteiger partial charge in [0.15, 0.2) is 0 Å². The second kappa shape index (κ2) is 9.63. The third-order valence-corrected chi connectivity index (χ3v) is 6.83. The molecule has 1 unspecified atom stereocenters. The van der Waals surface area contributed by atoms with Gasteiger partial charge in [-0.2, -0.15) is 4.98 Å². The van der Waals surface area contributed by atoms with E-state index in [4.69, 9.17) is 14.0 Å². The van der Waals surface area contributed by atoms with Crippen molar-refractivity contribution in [3.8, 4) is 22.2 Å². The van der Waals surface area contributed by atoms with E-state index in [-0.39, 0.29) is 6.03 Å². The summed E-state index contributed by atoms with van der Waals surface area (Å²) in [5.74, 6) is 2.31. The van der Waals surface area contributed by atoms with Crippen LogP contribution in [0.3, 0.4) is 0 Å². The summed E-state index contributed by atoms with van der Waals surface area (Å²) >= 11 is 1.54. The summed E-state index contributed by atoms with van der Waals surface area (Å²) in [4.78, 5) is 20.6. The Hall–Kier alpha value is -4.11. The second-order valence-corrected chi connectivity index (χ2v) is 8.90. The number of hydrogen-bond donors (Lipinski definition) is 1. The molecule has 178 valence electrons. The molecule has 5 rings (SSSR count). The Labute approximate surface area is 206 Å².